The van der Waals surface area contributed by atoms with Crippen LogP contribution in [0.15, 0.2) is 24.3 Å². The van der Waals surface area contributed by atoms with E-state index in [2.05, 4.69) is 10.1 Å². The number of carbonyl (C=O) groups excluding carboxylic acids is 2. The maximum absolute atomic E-state index is 12.5. The van der Waals surface area contributed by atoms with Gasteiger partial charge in [0.1, 0.15) is 11.3 Å². The molecule has 1 aromatic rings. The molecule has 2 fully saturated rings. The third-order valence-corrected chi connectivity index (χ3v) is 3.78. The zero-order valence-corrected chi connectivity index (χ0v) is 11.6. The van der Waals surface area contributed by atoms with Gasteiger partial charge in [0, 0.05) is 18.6 Å². The fourth-order valence-electron chi connectivity index (χ4n) is 2.67. The average molecular weight is 312 g/mol. The molecular weight excluding hydrogens is 298 g/mol. The fraction of sp³-hybridized carbons (Fsp3) is 0.429. The van der Waals surface area contributed by atoms with Crippen LogP contribution in [-0.4, -0.2) is 42.2 Å². The number of hydrogen-bond acceptors (Lipinski definition) is 4. The first-order valence-electron chi connectivity index (χ1n) is 6.76. The Kier molecular flexibility index (Phi) is 3.69. The summed E-state index contributed by atoms with van der Waals surface area (Å²) in [6.45, 7) is -2.58. The van der Waals surface area contributed by atoms with Crippen molar-refractivity contribution in [2.45, 2.75) is 25.1 Å². The van der Waals surface area contributed by atoms with Gasteiger partial charge in [0.2, 0.25) is 0 Å². The molecule has 3 amide bonds. The van der Waals surface area contributed by atoms with Gasteiger partial charge in [0.15, 0.2) is 0 Å². The Balaban J connectivity index is 1.81. The lowest BCUT2D eigenvalue weighted by atomic mass is 9.99. The molecule has 8 heteroatoms. The molecule has 0 bridgehead atoms. The van der Waals surface area contributed by atoms with E-state index in [-0.39, 0.29) is 18.9 Å². The van der Waals surface area contributed by atoms with E-state index in [1.165, 1.54) is 12.1 Å². The predicted octanol–water partition coefficient (Wildman–Crippen LogP) is 1.50. The van der Waals surface area contributed by atoms with Crippen LogP contribution < -0.4 is 10.1 Å². The van der Waals surface area contributed by atoms with Crippen molar-refractivity contribution in [3.8, 4) is 5.75 Å². The number of alkyl halides is 2. The van der Waals surface area contributed by atoms with Crippen LogP contribution in [-0.2, 0) is 16.1 Å². The van der Waals surface area contributed by atoms with Gasteiger partial charge in [-0.2, -0.15) is 8.78 Å². The number of ether oxygens (including phenoxy) is 2. The summed E-state index contributed by atoms with van der Waals surface area (Å²) in [6.07, 6.45) is 0.406. The number of rotatable bonds is 4. The minimum atomic E-state index is -2.97. The molecule has 2 aliphatic rings. The van der Waals surface area contributed by atoms with E-state index in [0.29, 0.717) is 18.6 Å². The lowest BCUT2D eigenvalue weighted by Gasteiger charge is -2.19. The van der Waals surface area contributed by atoms with Gasteiger partial charge in [0.05, 0.1) is 13.2 Å². The highest BCUT2D eigenvalue weighted by atomic mass is 19.3. The Morgan fingerprint density at radius 1 is 1.36 bits per heavy atom. The molecule has 0 unspecified atom stereocenters. The highest BCUT2D eigenvalue weighted by Gasteiger charge is 2.53. The van der Waals surface area contributed by atoms with Gasteiger partial charge in [-0.05, 0) is 6.07 Å². The zero-order chi connectivity index (χ0) is 15.7. The zero-order valence-electron chi connectivity index (χ0n) is 11.6. The number of amides is 3. The second-order valence-electron chi connectivity index (χ2n) is 5.19. The van der Waals surface area contributed by atoms with Gasteiger partial charge in [-0.15, -0.1) is 0 Å². The van der Waals surface area contributed by atoms with Crippen molar-refractivity contribution >= 4 is 11.9 Å². The van der Waals surface area contributed by atoms with E-state index < -0.39 is 24.1 Å². The molecule has 2 saturated heterocycles. The van der Waals surface area contributed by atoms with E-state index in [4.69, 9.17) is 4.74 Å². The third kappa shape index (κ3) is 2.50. The Morgan fingerprint density at radius 3 is 2.82 bits per heavy atom. The molecule has 2 heterocycles. The number of para-hydroxylation sites is 1. The highest BCUT2D eigenvalue weighted by molar-refractivity contribution is 6.07. The first-order valence-corrected chi connectivity index (χ1v) is 6.76. The van der Waals surface area contributed by atoms with E-state index in [9.17, 15) is 18.4 Å². The number of urea groups is 1. The topological polar surface area (TPSA) is 67.9 Å². The molecule has 2 aliphatic heterocycles. The van der Waals surface area contributed by atoms with Crippen molar-refractivity contribution in [2.75, 3.05) is 13.2 Å². The molecular formula is C14H14F2N2O4. The first-order chi connectivity index (χ1) is 10.5. The van der Waals surface area contributed by atoms with Crippen molar-refractivity contribution in [1.82, 2.24) is 10.2 Å². The van der Waals surface area contributed by atoms with Gasteiger partial charge in [-0.1, -0.05) is 18.2 Å². The van der Waals surface area contributed by atoms with Crippen LogP contribution in [0.3, 0.4) is 0 Å². The smallest absolute Gasteiger partial charge is 0.387 e. The molecule has 0 saturated carbocycles. The van der Waals surface area contributed by atoms with Crippen molar-refractivity contribution < 1.29 is 27.8 Å². The Hall–Kier alpha value is -2.22. The van der Waals surface area contributed by atoms with Gasteiger partial charge >= 0.3 is 12.6 Å². The van der Waals surface area contributed by atoms with E-state index >= 15 is 0 Å². The van der Waals surface area contributed by atoms with Crippen LogP contribution in [0.4, 0.5) is 13.6 Å². The Labute approximate surface area is 125 Å². The van der Waals surface area contributed by atoms with E-state index in [1.54, 1.807) is 12.1 Å². The average Bonchev–Trinajstić information content (AvgIpc) is 3.02. The summed E-state index contributed by atoms with van der Waals surface area (Å²) in [5.41, 5.74) is -0.683. The van der Waals surface area contributed by atoms with Crippen molar-refractivity contribution in [1.29, 1.82) is 0 Å². The normalized spacial score (nSPS) is 24.4. The van der Waals surface area contributed by atoms with Crippen LogP contribution in [0.2, 0.25) is 0 Å². The molecule has 6 nitrogen and oxygen atoms in total. The van der Waals surface area contributed by atoms with Crippen molar-refractivity contribution in [2.24, 2.45) is 0 Å². The molecule has 0 aliphatic carbocycles. The maximum atomic E-state index is 12.5. The number of nitrogens with one attached hydrogen (secondary N) is 1. The van der Waals surface area contributed by atoms with Crippen LogP contribution in [0.5, 0.6) is 5.75 Å². The van der Waals surface area contributed by atoms with Crippen LogP contribution in [0, 0.1) is 0 Å². The fourth-order valence-corrected chi connectivity index (χ4v) is 2.67. The number of hydrogen-bond donors (Lipinski definition) is 1. The lowest BCUT2D eigenvalue weighted by molar-refractivity contribution is -0.131. The number of halogens is 2. The number of imide groups is 1. The minimum Gasteiger partial charge on any atom is -0.434 e. The molecule has 1 N–H and O–H groups in total. The first kappa shape index (κ1) is 14.7. The van der Waals surface area contributed by atoms with Gasteiger partial charge in [-0.3, -0.25) is 9.69 Å². The summed E-state index contributed by atoms with van der Waals surface area (Å²) in [5.74, 6) is -0.455. The van der Waals surface area contributed by atoms with Gasteiger partial charge in [0.25, 0.3) is 5.91 Å². The third-order valence-electron chi connectivity index (χ3n) is 3.78. The highest BCUT2D eigenvalue weighted by Crippen LogP contribution is 2.30. The Morgan fingerprint density at radius 2 is 2.14 bits per heavy atom. The summed E-state index contributed by atoms with van der Waals surface area (Å²) in [7, 11) is 0. The molecule has 1 aromatic carbocycles. The minimum absolute atomic E-state index is 0.0540. The second kappa shape index (κ2) is 5.53. The molecule has 1 atom stereocenters. The molecule has 22 heavy (non-hydrogen) atoms. The SMILES string of the molecule is O=C1N[C@@]2(CCOC2)C(=O)N1Cc1ccccc1OC(F)F. The summed E-state index contributed by atoms with van der Waals surface area (Å²) in [4.78, 5) is 25.5. The molecule has 0 radical (unpaired) electrons. The number of benzene rings is 1. The number of carbonyl (C=O) groups is 2. The molecule has 3 rings (SSSR count). The Bertz CT molecular complexity index is 602. The van der Waals surface area contributed by atoms with Crippen LogP contribution >= 0.6 is 0 Å². The summed E-state index contributed by atoms with van der Waals surface area (Å²) < 4.78 is 34.4. The second-order valence-corrected chi connectivity index (χ2v) is 5.19. The summed E-state index contributed by atoms with van der Waals surface area (Å²) >= 11 is 0. The lowest BCUT2D eigenvalue weighted by Crippen LogP contribution is -2.47. The van der Waals surface area contributed by atoms with Crippen molar-refractivity contribution in [3.63, 3.8) is 0 Å². The summed E-state index contributed by atoms with van der Waals surface area (Å²) in [6, 6.07) is 5.52. The molecule has 1 spiro atoms. The largest absolute Gasteiger partial charge is 0.434 e. The van der Waals surface area contributed by atoms with Gasteiger partial charge in [-0.25, -0.2) is 4.79 Å². The van der Waals surface area contributed by atoms with Gasteiger partial charge < -0.3 is 14.8 Å². The van der Waals surface area contributed by atoms with Crippen molar-refractivity contribution in [3.05, 3.63) is 29.8 Å². The van der Waals surface area contributed by atoms with Crippen LogP contribution in [0.25, 0.3) is 0 Å². The molecule has 118 valence electrons. The van der Waals surface area contributed by atoms with Crippen LogP contribution in [0.1, 0.15) is 12.0 Å². The monoisotopic (exact) mass is 312 g/mol. The predicted molar refractivity (Wildman–Crippen MR) is 70.3 cm³/mol. The van der Waals surface area contributed by atoms with E-state index in [0.717, 1.165) is 4.90 Å². The van der Waals surface area contributed by atoms with E-state index in [1.807, 2.05) is 0 Å². The number of nitrogens with zero attached hydrogens (tertiary/aromatic N) is 1. The summed E-state index contributed by atoms with van der Waals surface area (Å²) in [5, 5.41) is 2.63. The standard InChI is InChI=1S/C14H14F2N2O4/c15-12(16)22-10-4-2-1-3-9(10)7-18-11(19)14(17-13(18)20)5-6-21-8-14/h1-4,12H,5-8H2,(H,17,20)/t14-/m1/s1. The molecule has 0 aromatic heterocycles. The quantitative estimate of drug-likeness (QED) is 0.856. The maximum Gasteiger partial charge on any atom is 0.387 e.